The summed E-state index contributed by atoms with van der Waals surface area (Å²) in [5.41, 5.74) is 16.0. The van der Waals surface area contributed by atoms with Crippen LogP contribution in [0.2, 0.25) is 0 Å². The van der Waals surface area contributed by atoms with Crippen molar-refractivity contribution in [2.24, 2.45) is 0 Å². The molecule has 0 saturated heterocycles. The number of benzene rings is 8. The smallest absolute Gasteiger partial charge is 0.0546 e. The Hall–Kier alpha value is -6.18. The van der Waals surface area contributed by atoms with Crippen LogP contribution in [0.1, 0.15) is 25.0 Å². The Balaban J connectivity index is 1.30. The molecule has 8 aromatic rings. The summed E-state index contributed by atoms with van der Waals surface area (Å²) in [5.74, 6) is 0. The molecule has 0 atom stereocenters. The summed E-state index contributed by atoms with van der Waals surface area (Å²) in [6.07, 6.45) is 0. The van der Waals surface area contributed by atoms with Crippen LogP contribution in [0, 0.1) is 0 Å². The van der Waals surface area contributed by atoms with E-state index in [-0.39, 0.29) is 5.41 Å². The van der Waals surface area contributed by atoms with Crippen molar-refractivity contribution in [1.29, 1.82) is 0 Å². The van der Waals surface area contributed by atoms with Crippen molar-refractivity contribution in [2.45, 2.75) is 19.3 Å². The molecule has 238 valence electrons. The number of hydrogen-bond donors (Lipinski definition) is 0. The van der Waals surface area contributed by atoms with E-state index in [0.29, 0.717) is 0 Å². The van der Waals surface area contributed by atoms with E-state index in [1.807, 2.05) is 0 Å². The van der Waals surface area contributed by atoms with Gasteiger partial charge in [-0.05, 0) is 91.2 Å². The summed E-state index contributed by atoms with van der Waals surface area (Å²) in [6.45, 7) is 4.72. The van der Waals surface area contributed by atoms with E-state index in [0.717, 1.165) is 17.1 Å². The van der Waals surface area contributed by atoms with Gasteiger partial charge in [0.05, 0.1) is 5.69 Å². The third kappa shape index (κ3) is 4.94. The highest BCUT2D eigenvalue weighted by Gasteiger charge is 2.36. The lowest BCUT2D eigenvalue weighted by molar-refractivity contribution is 0.660. The molecule has 0 N–H and O–H groups in total. The number of fused-ring (bicyclic) bond motifs is 4. The van der Waals surface area contributed by atoms with Gasteiger partial charge in [-0.2, -0.15) is 0 Å². The number of anilines is 3. The van der Waals surface area contributed by atoms with Gasteiger partial charge in [-0.3, -0.25) is 0 Å². The number of hydrogen-bond acceptors (Lipinski definition) is 1. The number of nitrogens with zero attached hydrogens (tertiary/aromatic N) is 1. The third-order valence-electron chi connectivity index (χ3n) is 10.5. The first kappa shape index (κ1) is 29.9. The van der Waals surface area contributed by atoms with E-state index in [4.69, 9.17) is 0 Å². The minimum absolute atomic E-state index is 0.115. The molecule has 0 aliphatic heterocycles. The van der Waals surface area contributed by atoms with Crippen LogP contribution >= 0.6 is 0 Å². The SMILES string of the molecule is CC1(C)c2ccccc2-c2ccc(N(c3cccc(-c4ccccc4-c4ccccc4)c3)c3ccc4ccccc4c3-c3ccccc3)cc21. The molecule has 0 bridgehead atoms. The average molecular weight is 640 g/mol. The maximum absolute atomic E-state index is 2.47. The Kier molecular flexibility index (Phi) is 7.21. The molecule has 0 unspecified atom stereocenters. The molecule has 1 aliphatic rings. The van der Waals surface area contributed by atoms with Crippen molar-refractivity contribution in [3.63, 3.8) is 0 Å². The van der Waals surface area contributed by atoms with E-state index in [1.165, 1.54) is 66.4 Å². The molecule has 0 aromatic heterocycles. The van der Waals surface area contributed by atoms with Gasteiger partial charge in [-0.25, -0.2) is 0 Å². The first-order valence-corrected chi connectivity index (χ1v) is 17.4. The van der Waals surface area contributed by atoms with E-state index >= 15 is 0 Å². The van der Waals surface area contributed by atoms with Crippen LogP contribution in [0.25, 0.3) is 55.3 Å². The van der Waals surface area contributed by atoms with Crippen molar-refractivity contribution >= 4 is 27.8 Å². The fourth-order valence-electron chi connectivity index (χ4n) is 8.03. The Morgan fingerprint density at radius 1 is 0.380 bits per heavy atom. The predicted molar refractivity (Wildman–Crippen MR) is 213 cm³/mol. The van der Waals surface area contributed by atoms with Crippen molar-refractivity contribution in [1.82, 2.24) is 0 Å². The molecular weight excluding hydrogens is 603 g/mol. The lowest BCUT2D eigenvalue weighted by atomic mass is 9.82. The lowest BCUT2D eigenvalue weighted by Crippen LogP contribution is -2.17. The van der Waals surface area contributed by atoms with Crippen molar-refractivity contribution in [3.05, 3.63) is 199 Å². The molecule has 50 heavy (non-hydrogen) atoms. The molecule has 0 saturated carbocycles. The second-order valence-corrected chi connectivity index (χ2v) is 13.7. The maximum atomic E-state index is 2.47. The highest BCUT2D eigenvalue weighted by Crippen LogP contribution is 2.52. The fourth-order valence-corrected chi connectivity index (χ4v) is 8.03. The van der Waals surface area contributed by atoms with E-state index in [9.17, 15) is 0 Å². The zero-order valence-electron chi connectivity index (χ0n) is 28.3. The number of rotatable bonds is 6. The third-order valence-corrected chi connectivity index (χ3v) is 10.5. The summed E-state index contributed by atoms with van der Waals surface area (Å²) < 4.78 is 0. The quantitative estimate of drug-likeness (QED) is 0.175. The van der Waals surface area contributed by atoms with Crippen LogP contribution in [-0.2, 0) is 5.41 Å². The summed E-state index contributed by atoms with van der Waals surface area (Å²) in [4.78, 5) is 2.47. The lowest BCUT2D eigenvalue weighted by Gasteiger charge is -2.31. The van der Waals surface area contributed by atoms with Crippen LogP contribution in [0.4, 0.5) is 17.1 Å². The monoisotopic (exact) mass is 639 g/mol. The van der Waals surface area contributed by atoms with Gasteiger partial charge in [-0.1, -0.05) is 172 Å². The second kappa shape index (κ2) is 12.1. The minimum Gasteiger partial charge on any atom is -0.310 e. The minimum atomic E-state index is -0.115. The van der Waals surface area contributed by atoms with Gasteiger partial charge in [-0.15, -0.1) is 0 Å². The Morgan fingerprint density at radius 3 is 1.74 bits per heavy atom. The Bertz CT molecular complexity index is 2510. The van der Waals surface area contributed by atoms with Crippen LogP contribution in [0.15, 0.2) is 188 Å². The van der Waals surface area contributed by atoms with Crippen molar-refractivity contribution in [3.8, 4) is 44.5 Å². The van der Waals surface area contributed by atoms with Gasteiger partial charge in [0.25, 0.3) is 0 Å². The maximum Gasteiger partial charge on any atom is 0.0546 e. The summed E-state index contributed by atoms with van der Waals surface area (Å²) in [5, 5.41) is 2.46. The van der Waals surface area contributed by atoms with Gasteiger partial charge < -0.3 is 4.90 Å². The second-order valence-electron chi connectivity index (χ2n) is 13.7. The largest absolute Gasteiger partial charge is 0.310 e. The van der Waals surface area contributed by atoms with E-state index in [1.54, 1.807) is 0 Å². The van der Waals surface area contributed by atoms with Gasteiger partial charge in [0, 0.05) is 22.4 Å². The van der Waals surface area contributed by atoms with Crippen LogP contribution in [0.3, 0.4) is 0 Å². The Labute approximate surface area is 294 Å². The summed E-state index contributed by atoms with van der Waals surface area (Å²) in [6, 6.07) is 68.6. The summed E-state index contributed by atoms with van der Waals surface area (Å²) in [7, 11) is 0. The van der Waals surface area contributed by atoms with Crippen molar-refractivity contribution < 1.29 is 0 Å². The first-order chi connectivity index (χ1) is 24.6. The average Bonchev–Trinajstić information content (AvgIpc) is 3.41. The zero-order chi connectivity index (χ0) is 33.7. The Morgan fingerprint density at radius 2 is 0.960 bits per heavy atom. The molecule has 0 heterocycles. The molecular formula is C49H37N. The molecule has 9 rings (SSSR count). The molecule has 1 nitrogen and oxygen atoms in total. The standard InChI is InChI=1S/C49H37N/c1-49(2)45-27-14-13-26-43(45)44-30-29-39(33-46(44)49)50(47-31-28-35-18-9-10-25-42(35)48(47)36-19-7-4-8-20-36)38-22-15-21-37(32-38)41-24-12-11-23-40(41)34-16-5-3-6-17-34/h3-33H,1-2H3. The van der Waals surface area contributed by atoms with Crippen molar-refractivity contribution in [2.75, 3.05) is 4.90 Å². The van der Waals surface area contributed by atoms with Crippen LogP contribution < -0.4 is 4.90 Å². The van der Waals surface area contributed by atoms with E-state index in [2.05, 4.69) is 207 Å². The molecule has 0 spiro atoms. The van der Waals surface area contributed by atoms with Crippen LogP contribution in [0.5, 0.6) is 0 Å². The van der Waals surface area contributed by atoms with Gasteiger partial charge in [0.2, 0.25) is 0 Å². The normalized spacial score (nSPS) is 12.8. The molecule has 0 fully saturated rings. The summed E-state index contributed by atoms with van der Waals surface area (Å²) >= 11 is 0. The molecule has 0 radical (unpaired) electrons. The topological polar surface area (TPSA) is 3.24 Å². The predicted octanol–water partition coefficient (Wildman–Crippen LogP) is 13.6. The highest BCUT2D eigenvalue weighted by molar-refractivity contribution is 6.05. The van der Waals surface area contributed by atoms with E-state index < -0.39 is 0 Å². The van der Waals surface area contributed by atoms with Gasteiger partial charge >= 0.3 is 0 Å². The molecule has 8 aromatic carbocycles. The van der Waals surface area contributed by atoms with Gasteiger partial charge in [0.15, 0.2) is 0 Å². The molecule has 0 amide bonds. The first-order valence-electron chi connectivity index (χ1n) is 17.4. The van der Waals surface area contributed by atoms with Gasteiger partial charge in [0.1, 0.15) is 0 Å². The highest BCUT2D eigenvalue weighted by atomic mass is 15.1. The van der Waals surface area contributed by atoms with Crippen LogP contribution in [-0.4, -0.2) is 0 Å². The zero-order valence-corrected chi connectivity index (χ0v) is 28.3. The fraction of sp³-hybridized carbons (Fsp3) is 0.0612. The molecule has 1 heteroatoms. The molecule has 1 aliphatic carbocycles.